The molecule has 3 fully saturated rings. The zero-order valence-corrected chi connectivity index (χ0v) is 71.9. The summed E-state index contributed by atoms with van der Waals surface area (Å²) in [6.07, 6.45) is 13.1. The van der Waals surface area contributed by atoms with Gasteiger partial charge in [-0.3, -0.25) is 18.7 Å². The number of anilines is 3. The zero-order valence-electron chi connectivity index (χ0n) is 70.1. The fourth-order valence-electron chi connectivity index (χ4n) is 14.2. The molecule has 1 radical (unpaired) electrons. The summed E-state index contributed by atoms with van der Waals surface area (Å²) in [5, 5.41) is 35.8. The second-order valence-electron chi connectivity index (χ2n) is 29.7. The number of rotatable bonds is 38. The minimum absolute atomic E-state index is 0.00853. The van der Waals surface area contributed by atoms with Crippen molar-refractivity contribution in [1.82, 2.24) is 72.6 Å². The fourth-order valence-corrected chi connectivity index (χ4v) is 18.2. The average molecular weight is 1640 g/mol. The Kier molecular flexibility index (Phi) is 37.6. The second-order valence-corrected chi connectivity index (χ2v) is 32.8. The van der Waals surface area contributed by atoms with E-state index in [2.05, 4.69) is 210 Å². The maximum atomic E-state index is 12.8. The second kappa shape index (κ2) is 46.7. The number of aliphatic hydroxyl groups excluding tert-OH is 1. The molecule has 1 unspecified atom stereocenters. The van der Waals surface area contributed by atoms with E-state index in [-0.39, 0.29) is 111 Å². The van der Waals surface area contributed by atoms with Crippen molar-refractivity contribution in [3.8, 4) is 12.1 Å². The molecule has 13 atom stereocenters. The summed E-state index contributed by atoms with van der Waals surface area (Å²) in [6.45, 7) is 49.0. The molecule has 3 aliphatic rings. The molecule has 0 aliphatic carbocycles. The summed E-state index contributed by atoms with van der Waals surface area (Å²) < 4.78 is 68.1. The van der Waals surface area contributed by atoms with Crippen LogP contribution >= 0.6 is 17.0 Å². The summed E-state index contributed by atoms with van der Waals surface area (Å²) >= 11 is 0. The Labute approximate surface area is 691 Å². The Balaban J connectivity index is 0.000000203. The number of carbonyl (C=O) groups is 2. The van der Waals surface area contributed by atoms with Crippen LogP contribution in [-0.4, -0.2) is 223 Å². The molecule has 36 heteroatoms. The van der Waals surface area contributed by atoms with Crippen molar-refractivity contribution in [2.24, 2.45) is 17.8 Å². The minimum atomic E-state index is -1.43. The molecule has 8 aromatic rings. The molecule has 11 rings (SSSR count). The first kappa shape index (κ1) is 94.0. The third-order valence-electron chi connectivity index (χ3n) is 19.5. The van der Waals surface area contributed by atoms with Gasteiger partial charge in [0.05, 0.1) is 82.9 Å². The van der Waals surface area contributed by atoms with E-state index in [1.54, 1.807) is 82.7 Å². The molecular formula is C81H115B2N20O12P2. The van der Waals surface area contributed by atoms with Gasteiger partial charge in [0, 0.05) is 59.2 Å². The predicted octanol–water partition coefficient (Wildman–Crippen LogP) is 13.5. The molecule has 3 saturated heterocycles. The van der Waals surface area contributed by atoms with E-state index in [1.807, 2.05) is 35.8 Å². The van der Waals surface area contributed by atoms with Gasteiger partial charge in [-0.2, -0.15) is 10.5 Å². The molecule has 117 heavy (non-hydrogen) atoms. The summed E-state index contributed by atoms with van der Waals surface area (Å²) in [5.41, 5.74) is 4.23. The Morgan fingerprint density at radius 2 is 0.897 bits per heavy atom. The quantitative estimate of drug-likeness (QED) is 0.0121. The number of nitriles is 2. The van der Waals surface area contributed by atoms with Crippen molar-refractivity contribution in [2.45, 2.75) is 222 Å². The van der Waals surface area contributed by atoms with Crippen molar-refractivity contribution in [3.05, 3.63) is 148 Å². The summed E-state index contributed by atoms with van der Waals surface area (Å²) in [4.78, 5) is 64.5. The standard InChI is InChI=1S/C30H40N7O5P.C22H25N5O3.C15H32N3OP.C14H18B2N5O3/c1-7-15-39-26-22(6)24(17-41-43(40-16-11-14-31)37(20(2)3)21(4)5)42-30(26)36-19-34-25-27(32-18-33-28(25)36)35-29(38)23-12-9-8-10-13-23;1-4-11-29-18-14(3)16(5-2)30-22(18)27-13-25-17-19(23-12-24-20(17)27)26-21(28)15-9-7-6-8-10-15;1-12(2)17(13(3)4)20(19-11-9-10-16)18(14(5)6)15(7)8;1-3-4-23-11-8(2)9(5-22)24-14(11)21-7-19-10-12(20-16-15)17-6-18-13(10)21/h7-10,12-13,18-22,24,26,30H,1,11,15-17H2,2-6H3,(H,32,33,35,38);4,6-10,12-14,16,18,22H,1,5,11H2,2-3H3,(H,23,24,26,28);12-15H,9,11H2,1-8H3;3,6-9,11,14,22H,1,4-5H2,2H3,(H,17,18,20)/t22-,24-,26-,30-,43?;14-,16-,18-,22-;;8-,9-,11-,14-/m11.1/s1. The molecule has 0 bridgehead atoms. The number of carbonyl (C=O) groups excluding carboxylic acids is 2. The number of ether oxygens (including phenoxy) is 6. The van der Waals surface area contributed by atoms with E-state index in [0.29, 0.717) is 119 Å². The van der Waals surface area contributed by atoms with Gasteiger partial charge in [-0.15, -0.1) is 13.2 Å². The van der Waals surface area contributed by atoms with Crippen molar-refractivity contribution in [3.63, 3.8) is 0 Å². The van der Waals surface area contributed by atoms with Crippen LogP contribution < -0.4 is 15.9 Å². The molecule has 0 saturated carbocycles. The van der Waals surface area contributed by atoms with Gasteiger partial charge in [0.1, 0.15) is 24.9 Å². The van der Waals surface area contributed by atoms with Crippen LogP contribution in [0.2, 0.25) is 0 Å². The van der Waals surface area contributed by atoms with E-state index in [4.69, 9.17) is 59.9 Å². The molecule has 2 amide bonds. The van der Waals surface area contributed by atoms with Gasteiger partial charge >= 0.3 is 140 Å². The number of benzene rings is 2. The van der Waals surface area contributed by atoms with Crippen LogP contribution in [-0.2, 0) is 42.0 Å². The summed E-state index contributed by atoms with van der Waals surface area (Å²) in [5.74, 6) is 0.762. The number of hydrogen-bond donors (Lipinski definition) is 4. The third-order valence-corrected chi connectivity index (χ3v) is 24.6. The van der Waals surface area contributed by atoms with Crippen LogP contribution in [0.25, 0.3) is 33.5 Å². The van der Waals surface area contributed by atoms with Crippen molar-refractivity contribution in [2.75, 3.05) is 62.1 Å². The van der Waals surface area contributed by atoms with E-state index >= 15 is 0 Å². The topological polar surface area (TPSA) is 362 Å². The molecule has 627 valence electrons. The van der Waals surface area contributed by atoms with Crippen LogP contribution in [0.15, 0.2) is 137 Å². The Morgan fingerprint density at radius 3 is 1.26 bits per heavy atom. The molecule has 4 N–H and O–H groups in total. The number of aliphatic hydroxyl groups is 1. The van der Waals surface area contributed by atoms with Gasteiger partial charge in [0.2, 0.25) is 0 Å². The molecule has 6 aromatic heterocycles. The van der Waals surface area contributed by atoms with Crippen LogP contribution in [0.1, 0.15) is 169 Å². The number of nitrogens with zero attached hydrogens (tertiary/aromatic N) is 17. The number of amides is 2. The van der Waals surface area contributed by atoms with Gasteiger partial charge in [0.25, 0.3) is 20.3 Å². The van der Waals surface area contributed by atoms with Crippen LogP contribution in [0.4, 0.5) is 17.5 Å². The van der Waals surface area contributed by atoms with Gasteiger partial charge in [-0.25, -0.2) is 43.9 Å². The molecule has 9 heterocycles. The van der Waals surface area contributed by atoms with E-state index in [1.165, 1.54) is 25.9 Å². The van der Waals surface area contributed by atoms with Crippen molar-refractivity contribution < 1.29 is 56.7 Å². The van der Waals surface area contributed by atoms with Gasteiger partial charge in [-0.05, 0) is 114 Å². The molecule has 0 spiro atoms. The Hall–Kier alpha value is -8.50. The van der Waals surface area contributed by atoms with Crippen molar-refractivity contribution >= 4 is 94.0 Å². The fraction of sp³-hybridized carbons (Fsp3) is 0.543. The number of fused-ring (bicyclic) bond motifs is 3. The van der Waals surface area contributed by atoms with Gasteiger partial charge < -0.3 is 43.2 Å². The van der Waals surface area contributed by atoms with Gasteiger partial charge in [0.15, 0.2) is 54.9 Å². The van der Waals surface area contributed by atoms with Crippen LogP contribution in [0.5, 0.6) is 0 Å². The number of nitrogens with one attached hydrogen (secondary N) is 3. The monoisotopic (exact) mass is 1640 g/mol. The third kappa shape index (κ3) is 24.2. The first-order chi connectivity index (χ1) is 56.3. The Bertz CT molecular complexity index is 4490. The summed E-state index contributed by atoms with van der Waals surface area (Å²) in [6, 6.07) is 24.2. The first-order valence-corrected chi connectivity index (χ1v) is 42.0. The zero-order chi connectivity index (χ0) is 85.0. The number of hydrogen-bond acceptors (Lipinski definition) is 27. The maximum absolute atomic E-state index is 12.8. The van der Waals surface area contributed by atoms with E-state index in [9.17, 15) is 14.7 Å². The van der Waals surface area contributed by atoms with Crippen LogP contribution in [0.3, 0.4) is 0 Å². The molecule has 2 aromatic carbocycles. The SMILES string of the molecule is C=CCO[C@@H]1[C@H](C)[C@@H](CC)O[C@H]1n1cnc2c(NC(=O)c3ccccc3)ncnc21.C=CCO[C@@H]1[C@H](C)[C@@H](COP(OCCC#N)N(C(C)C)C(C)C)O[C@H]1n1cnc2c(NC(=O)c3ccccc3)ncnc21.CC(C)N(C(C)C)P(OCCC#N)N(C(C)C)C(C)C.[B]=BNc1ncnc2c1ncn2[C@@H]1O[C@H](CO)[C@@H](C)[C@H]1OCC=C. The van der Waals surface area contributed by atoms with E-state index < -0.39 is 29.4 Å². The first-order valence-electron chi connectivity index (χ1n) is 39.7. The molecule has 3 aliphatic heterocycles. The normalized spacial score (nSPS) is 21.3. The molecule has 32 nitrogen and oxygen atoms in total. The number of imidazole rings is 3. The van der Waals surface area contributed by atoms with Crippen LogP contribution in [0, 0.1) is 40.4 Å². The predicted molar refractivity (Wildman–Crippen MR) is 455 cm³/mol. The van der Waals surface area contributed by atoms with Gasteiger partial charge in [-0.1, -0.05) is 69.3 Å². The number of aromatic nitrogens is 12. The summed E-state index contributed by atoms with van der Waals surface area (Å²) in [7, 11) is 3.13. The Morgan fingerprint density at radius 1 is 0.538 bits per heavy atom. The average Bonchev–Trinajstić information content (AvgIpc) is 1.63. The molecular weight excluding hydrogens is 1530 g/mol. The van der Waals surface area contributed by atoms with Crippen molar-refractivity contribution in [1.29, 1.82) is 10.5 Å². The van der Waals surface area contributed by atoms with E-state index in [0.717, 1.165) is 6.42 Å².